The van der Waals surface area contributed by atoms with Crippen molar-refractivity contribution in [2.45, 2.75) is 25.8 Å². The molecule has 7 nitrogen and oxygen atoms in total. The smallest absolute Gasteiger partial charge is 0.336 e. The number of methoxy groups -OCH3 is 1. The molecular weight excluding hydrogens is 398 g/mol. The number of hydrogen-bond acceptors (Lipinski definition) is 5. The number of hydrogen-bond donors (Lipinski definition) is 0. The van der Waals surface area contributed by atoms with E-state index in [1.54, 1.807) is 6.07 Å². The number of allylic oxidation sites excluding steroid dienone is 1. The molecular formula is C21H18F2N2O5. The van der Waals surface area contributed by atoms with E-state index in [-0.39, 0.29) is 35.5 Å². The van der Waals surface area contributed by atoms with Crippen molar-refractivity contribution in [2.75, 3.05) is 7.11 Å². The van der Waals surface area contributed by atoms with E-state index in [9.17, 15) is 28.5 Å². The van der Waals surface area contributed by atoms with Crippen LogP contribution in [0, 0.1) is 21.7 Å². The largest absolute Gasteiger partial charge is 0.466 e. The van der Waals surface area contributed by atoms with Crippen LogP contribution in [0.5, 0.6) is 0 Å². The van der Waals surface area contributed by atoms with Gasteiger partial charge < -0.3 is 9.64 Å². The number of benzene rings is 2. The van der Waals surface area contributed by atoms with Crippen LogP contribution in [0.4, 0.5) is 14.5 Å². The number of amides is 1. The minimum atomic E-state index is -1.07. The molecule has 2 aromatic rings. The van der Waals surface area contributed by atoms with Gasteiger partial charge in [-0.25, -0.2) is 13.6 Å². The molecule has 0 fully saturated rings. The molecule has 1 heterocycles. The first-order valence-electron chi connectivity index (χ1n) is 9.01. The molecule has 1 aliphatic heterocycles. The van der Waals surface area contributed by atoms with Crippen molar-refractivity contribution < 1.29 is 28.0 Å². The van der Waals surface area contributed by atoms with Crippen LogP contribution >= 0.6 is 0 Å². The van der Waals surface area contributed by atoms with Gasteiger partial charge >= 0.3 is 5.97 Å². The topological polar surface area (TPSA) is 89.8 Å². The van der Waals surface area contributed by atoms with Gasteiger partial charge in [0.2, 0.25) is 5.91 Å². The summed E-state index contributed by atoms with van der Waals surface area (Å²) in [4.78, 5) is 37.1. The second-order valence-corrected chi connectivity index (χ2v) is 6.79. The molecule has 0 radical (unpaired) electrons. The number of ether oxygens (including phenoxy) is 1. The van der Waals surface area contributed by atoms with Gasteiger partial charge in [-0.3, -0.25) is 14.9 Å². The van der Waals surface area contributed by atoms with Crippen LogP contribution in [0.1, 0.15) is 30.4 Å². The van der Waals surface area contributed by atoms with Crippen molar-refractivity contribution in [1.82, 2.24) is 4.90 Å². The van der Waals surface area contributed by atoms with Gasteiger partial charge in [0, 0.05) is 35.7 Å². The molecule has 3 rings (SSSR count). The van der Waals surface area contributed by atoms with Crippen molar-refractivity contribution in [3.8, 4) is 0 Å². The molecule has 1 aliphatic rings. The average molecular weight is 416 g/mol. The first-order chi connectivity index (χ1) is 14.2. The van der Waals surface area contributed by atoms with Gasteiger partial charge in [-0.1, -0.05) is 24.3 Å². The lowest BCUT2D eigenvalue weighted by Gasteiger charge is -2.34. The van der Waals surface area contributed by atoms with E-state index in [2.05, 4.69) is 0 Å². The molecule has 0 aromatic heterocycles. The summed E-state index contributed by atoms with van der Waals surface area (Å²) in [5, 5.41) is 11.1. The molecule has 0 aliphatic carbocycles. The Morgan fingerprint density at radius 3 is 2.63 bits per heavy atom. The SMILES string of the molecule is COC(=O)C1=C(C)N(Cc2cccc(F)c2F)C(=O)C[C@@H]1c1cccc([N+](=O)[O-])c1. The quantitative estimate of drug-likeness (QED) is 0.420. The molecule has 0 bridgehead atoms. The first-order valence-corrected chi connectivity index (χ1v) is 9.01. The number of nitrogens with zero attached hydrogens (tertiary/aromatic N) is 2. The molecule has 0 saturated heterocycles. The minimum absolute atomic E-state index is 0.0410. The number of halogens is 2. The molecule has 1 amide bonds. The maximum Gasteiger partial charge on any atom is 0.336 e. The number of nitro groups is 1. The van der Waals surface area contributed by atoms with Gasteiger partial charge in [0.25, 0.3) is 5.69 Å². The van der Waals surface area contributed by atoms with Crippen LogP contribution in [-0.4, -0.2) is 28.8 Å². The Morgan fingerprint density at radius 2 is 1.97 bits per heavy atom. The van der Waals surface area contributed by atoms with Gasteiger partial charge in [-0.2, -0.15) is 0 Å². The third-order valence-electron chi connectivity index (χ3n) is 5.07. The average Bonchev–Trinajstić information content (AvgIpc) is 2.73. The fourth-order valence-corrected chi connectivity index (χ4v) is 3.56. The van der Waals surface area contributed by atoms with Crippen LogP contribution in [-0.2, 0) is 20.9 Å². The van der Waals surface area contributed by atoms with Crippen molar-refractivity contribution in [3.05, 3.63) is 86.6 Å². The Labute approximate surface area is 170 Å². The lowest BCUT2D eigenvalue weighted by atomic mass is 9.83. The molecule has 156 valence electrons. The zero-order valence-corrected chi connectivity index (χ0v) is 16.2. The number of rotatable bonds is 5. The molecule has 0 N–H and O–H groups in total. The van der Waals surface area contributed by atoms with Crippen LogP contribution in [0.3, 0.4) is 0 Å². The highest BCUT2D eigenvalue weighted by atomic mass is 19.2. The van der Waals surface area contributed by atoms with Crippen LogP contribution in [0.15, 0.2) is 53.7 Å². The summed E-state index contributed by atoms with van der Waals surface area (Å²) < 4.78 is 32.5. The van der Waals surface area contributed by atoms with E-state index in [0.717, 1.165) is 6.07 Å². The van der Waals surface area contributed by atoms with E-state index >= 15 is 0 Å². The molecule has 0 saturated carbocycles. The van der Waals surface area contributed by atoms with E-state index < -0.39 is 34.4 Å². The summed E-state index contributed by atoms with van der Waals surface area (Å²) in [7, 11) is 1.18. The summed E-state index contributed by atoms with van der Waals surface area (Å²) in [5.74, 6) is -4.01. The standard InChI is InChI=1S/C21H18F2N2O5/c1-12-19(21(27)30-2)16(13-5-3-7-15(9-13)25(28)29)10-18(26)24(12)11-14-6-4-8-17(22)20(14)23/h3-9,16H,10-11H2,1-2H3/t16-/m1/s1. The second-order valence-electron chi connectivity index (χ2n) is 6.79. The summed E-state index contributed by atoms with van der Waals surface area (Å²) in [6.45, 7) is 1.24. The van der Waals surface area contributed by atoms with Crippen molar-refractivity contribution >= 4 is 17.6 Å². The van der Waals surface area contributed by atoms with Crippen LogP contribution in [0.25, 0.3) is 0 Å². The Hall–Kier alpha value is -3.62. The lowest BCUT2D eigenvalue weighted by molar-refractivity contribution is -0.384. The van der Waals surface area contributed by atoms with Crippen LogP contribution in [0.2, 0.25) is 0 Å². The zero-order chi connectivity index (χ0) is 22.0. The highest BCUT2D eigenvalue weighted by Gasteiger charge is 2.37. The minimum Gasteiger partial charge on any atom is -0.466 e. The maximum absolute atomic E-state index is 14.1. The third kappa shape index (κ3) is 3.91. The van der Waals surface area contributed by atoms with Gasteiger partial charge in [0.15, 0.2) is 11.6 Å². The predicted octanol–water partition coefficient (Wildman–Crippen LogP) is 3.84. The molecule has 30 heavy (non-hydrogen) atoms. The zero-order valence-electron chi connectivity index (χ0n) is 16.2. The van der Waals surface area contributed by atoms with Gasteiger partial charge in [-0.15, -0.1) is 0 Å². The lowest BCUT2D eigenvalue weighted by Crippen LogP contribution is -2.38. The number of carbonyl (C=O) groups excluding carboxylic acids is 2. The normalized spacial score (nSPS) is 16.6. The van der Waals surface area contributed by atoms with Crippen molar-refractivity contribution in [1.29, 1.82) is 0 Å². The fourth-order valence-electron chi connectivity index (χ4n) is 3.56. The Kier molecular flexibility index (Phi) is 5.91. The van der Waals surface area contributed by atoms with Crippen LogP contribution < -0.4 is 0 Å². The summed E-state index contributed by atoms with van der Waals surface area (Å²) in [6.07, 6.45) is -0.181. The van der Waals surface area contributed by atoms with Crippen molar-refractivity contribution in [3.63, 3.8) is 0 Å². The molecule has 9 heteroatoms. The molecule has 2 aromatic carbocycles. The third-order valence-corrected chi connectivity index (χ3v) is 5.07. The van der Waals surface area contributed by atoms with Gasteiger partial charge in [0.1, 0.15) is 0 Å². The summed E-state index contributed by atoms with van der Waals surface area (Å²) in [6, 6.07) is 9.31. The monoisotopic (exact) mass is 416 g/mol. The Morgan fingerprint density at radius 1 is 1.27 bits per heavy atom. The molecule has 1 atom stereocenters. The highest BCUT2D eigenvalue weighted by molar-refractivity contribution is 5.95. The second kappa shape index (κ2) is 8.40. The summed E-state index contributed by atoms with van der Waals surface area (Å²) in [5.41, 5.74) is 0.549. The molecule has 0 spiro atoms. The Balaban J connectivity index is 2.07. The van der Waals surface area contributed by atoms with Gasteiger partial charge in [-0.05, 0) is 18.6 Å². The number of esters is 1. The maximum atomic E-state index is 14.1. The van der Waals surface area contributed by atoms with Crippen molar-refractivity contribution in [2.24, 2.45) is 0 Å². The number of nitro benzene ring substituents is 1. The van der Waals surface area contributed by atoms with E-state index in [1.807, 2.05) is 0 Å². The highest BCUT2D eigenvalue weighted by Crippen LogP contribution is 2.38. The van der Waals surface area contributed by atoms with E-state index in [4.69, 9.17) is 4.74 Å². The number of non-ortho nitro benzene ring substituents is 1. The summed E-state index contributed by atoms with van der Waals surface area (Å²) >= 11 is 0. The van der Waals surface area contributed by atoms with E-state index in [0.29, 0.717) is 5.56 Å². The molecule has 0 unspecified atom stereocenters. The predicted molar refractivity (Wildman–Crippen MR) is 102 cm³/mol. The Bertz CT molecular complexity index is 1070. The van der Waals surface area contributed by atoms with E-state index in [1.165, 1.54) is 49.3 Å². The first kappa shape index (κ1) is 21.1. The fraction of sp³-hybridized carbons (Fsp3) is 0.238. The number of carbonyl (C=O) groups is 2. The van der Waals surface area contributed by atoms with Gasteiger partial charge in [0.05, 0.1) is 24.2 Å².